The van der Waals surface area contributed by atoms with Crippen molar-refractivity contribution in [1.29, 1.82) is 0 Å². The van der Waals surface area contributed by atoms with Gasteiger partial charge in [0.15, 0.2) is 0 Å². The Morgan fingerprint density at radius 3 is 2.79 bits per heavy atom. The first-order valence-corrected chi connectivity index (χ1v) is 6.40. The molecule has 0 aliphatic carbocycles. The third kappa shape index (κ3) is 4.63. The van der Waals surface area contributed by atoms with Crippen LogP contribution in [0.25, 0.3) is 0 Å². The van der Waals surface area contributed by atoms with Crippen molar-refractivity contribution >= 4 is 23.3 Å². The van der Waals surface area contributed by atoms with Crippen molar-refractivity contribution in [2.45, 2.75) is 12.8 Å². The maximum atomic E-state index is 11.6. The van der Waals surface area contributed by atoms with Gasteiger partial charge >= 0.3 is 6.03 Å². The lowest BCUT2D eigenvalue weighted by atomic mass is 10.3. The number of aromatic amines is 1. The summed E-state index contributed by atoms with van der Waals surface area (Å²) in [5.41, 5.74) is 0.716. The number of aryl methyl sites for hydroxylation is 1. The number of hydrogen-bond donors (Lipinski definition) is 3. The molecule has 0 radical (unpaired) electrons. The number of H-pyrrole nitrogens is 1. The molecule has 19 heavy (non-hydrogen) atoms. The second kappa shape index (κ2) is 6.80. The number of rotatable bonds is 5. The number of benzene rings is 1. The van der Waals surface area contributed by atoms with E-state index in [2.05, 4.69) is 20.6 Å². The minimum Gasteiger partial charge on any atom is -0.349 e. The molecule has 100 valence electrons. The fraction of sp³-hybridized carbons (Fsp3) is 0.231. The molecule has 0 unspecified atom stereocenters. The number of nitrogens with zero attached hydrogens (tertiary/aromatic N) is 1. The molecule has 3 N–H and O–H groups in total. The smallest absolute Gasteiger partial charge is 0.319 e. The van der Waals surface area contributed by atoms with Gasteiger partial charge in [-0.15, -0.1) is 0 Å². The van der Waals surface area contributed by atoms with Gasteiger partial charge in [-0.2, -0.15) is 0 Å². The number of nitrogens with one attached hydrogen (secondary N) is 3. The lowest BCUT2D eigenvalue weighted by Gasteiger charge is -2.07. The monoisotopic (exact) mass is 278 g/mol. The van der Waals surface area contributed by atoms with E-state index in [4.69, 9.17) is 11.6 Å². The van der Waals surface area contributed by atoms with Crippen LogP contribution in [0.4, 0.5) is 10.5 Å². The molecule has 0 saturated heterocycles. The molecule has 0 aliphatic rings. The van der Waals surface area contributed by atoms with Gasteiger partial charge in [-0.25, -0.2) is 9.78 Å². The predicted molar refractivity (Wildman–Crippen MR) is 75.4 cm³/mol. The Labute approximate surface area is 116 Å². The summed E-state index contributed by atoms with van der Waals surface area (Å²) in [4.78, 5) is 18.7. The number of carbonyl (C=O) groups is 1. The Kier molecular flexibility index (Phi) is 4.80. The van der Waals surface area contributed by atoms with Crippen molar-refractivity contribution in [1.82, 2.24) is 15.3 Å². The van der Waals surface area contributed by atoms with Gasteiger partial charge in [0.25, 0.3) is 0 Å². The summed E-state index contributed by atoms with van der Waals surface area (Å²) in [6, 6.07) is 6.75. The lowest BCUT2D eigenvalue weighted by Crippen LogP contribution is -2.29. The molecule has 0 bridgehead atoms. The van der Waals surface area contributed by atoms with E-state index in [1.54, 1.807) is 36.7 Å². The number of hydrogen-bond acceptors (Lipinski definition) is 2. The second-order valence-electron chi connectivity index (χ2n) is 4.03. The Balaban J connectivity index is 1.65. The SMILES string of the molecule is O=C(NCCCc1ncc[nH]1)Nc1ccc(Cl)cc1. The highest BCUT2D eigenvalue weighted by Gasteiger charge is 2.01. The Hall–Kier alpha value is -2.01. The van der Waals surface area contributed by atoms with Crippen LogP contribution in [0.3, 0.4) is 0 Å². The minimum atomic E-state index is -0.221. The highest BCUT2D eigenvalue weighted by molar-refractivity contribution is 6.30. The third-order valence-corrected chi connectivity index (χ3v) is 2.78. The number of aromatic nitrogens is 2. The van der Waals surface area contributed by atoms with Gasteiger partial charge in [0.2, 0.25) is 0 Å². The normalized spacial score (nSPS) is 10.2. The van der Waals surface area contributed by atoms with E-state index >= 15 is 0 Å². The quantitative estimate of drug-likeness (QED) is 0.736. The number of urea groups is 1. The fourth-order valence-electron chi connectivity index (χ4n) is 1.60. The van der Waals surface area contributed by atoms with E-state index in [1.165, 1.54) is 0 Å². The van der Waals surface area contributed by atoms with Crippen molar-refractivity contribution in [3.05, 3.63) is 47.5 Å². The molecule has 2 amide bonds. The first kappa shape index (κ1) is 13.4. The van der Waals surface area contributed by atoms with E-state index in [9.17, 15) is 4.79 Å². The first-order chi connectivity index (χ1) is 9.24. The zero-order valence-electron chi connectivity index (χ0n) is 10.3. The molecule has 6 heteroatoms. The molecular formula is C13H15ClN4O. The average molecular weight is 279 g/mol. The largest absolute Gasteiger partial charge is 0.349 e. The number of carbonyl (C=O) groups excluding carboxylic acids is 1. The van der Waals surface area contributed by atoms with Gasteiger partial charge in [-0.1, -0.05) is 11.6 Å². The van der Waals surface area contributed by atoms with Gasteiger partial charge < -0.3 is 15.6 Å². The van der Waals surface area contributed by atoms with Gasteiger partial charge in [0.1, 0.15) is 5.82 Å². The van der Waals surface area contributed by atoms with Crippen LogP contribution in [0.5, 0.6) is 0 Å². The van der Waals surface area contributed by atoms with Crippen molar-refractivity contribution in [3.63, 3.8) is 0 Å². The third-order valence-electron chi connectivity index (χ3n) is 2.53. The molecule has 1 heterocycles. The summed E-state index contributed by atoms with van der Waals surface area (Å²) in [5, 5.41) is 6.16. The van der Waals surface area contributed by atoms with Gasteiger partial charge in [-0.05, 0) is 30.7 Å². The summed E-state index contributed by atoms with van der Waals surface area (Å²) >= 11 is 5.76. The lowest BCUT2D eigenvalue weighted by molar-refractivity contribution is 0.252. The number of anilines is 1. The van der Waals surface area contributed by atoms with Crippen LogP contribution < -0.4 is 10.6 Å². The molecule has 1 aromatic carbocycles. The van der Waals surface area contributed by atoms with E-state index in [-0.39, 0.29) is 6.03 Å². The number of amides is 2. The summed E-state index contributed by atoms with van der Waals surface area (Å²) < 4.78 is 0. The highest BCUT2D eigenvalue weighted by atomic mass is 35.5. The summed E-state index contributed by atoms with van der Waals surface area (Å²) in [7, 11) is 0. The molecule has 5 nitrogen and oxygen atoms in total. The van der Waals surface area contributed by atoms with Gasteiger partial charge in [0, 0.05) is 36.1 Å². The highest BCUT2D eigenvalue weighted by Crippen LogP contribution is 2.12. The maximum absolute atomic E-state index is 11.6. The molecule has 1 aromatic heterocycles. The Morgan fingerprint density at radius 1 is 1.32 bits per heavy atom. The van der Waals surface area contributed by atoms with Crippen LogP contribution in [0.1, 0.15) is 12.2 Å². The van der Waals surface area contributed by atoms with E-state index in [0.29, 0.717) is 17.3 Å². The van der Waals surface area contributed by atoms with Crippen molar-refractivity contribution in [2.24, 2.45) is 0 Å². The van der Waals surface area contributed by atoms with E-state index in [1.807, 2.05) is 0 Å². The second-order valence-corrected chi connectivity index (χ2v) is 4.46. The zero-order valence-corrected chi connectivity index (χ0v) is 11.1. The van der Waals surface area contributed by atoms with Crippen LogP contribution in [-0.4, -0.2) is 22.5 Å². The van der Waals surface area contributed by atoms with E-state index < -0.39 is 0 Å². The van der Waals surface area contributed by atoms with Crippen molar-refractivity contribution in [3.8, 4) is 0 Å². The minimum absolute atomic E-state index is 0.221. The molecular weight excluding hydrogens is 264 g/mol. The van der Waals surface area contributed by atoms with Gasteiger partial charge in [-0.3, -0.25) is 0 Å². The van der Waals surface area contributed by atoms with Crippen LogP contribution in [0.15, 0.2) is 36.7 Å². The zero-order chi connectivity index (χ0) is 13.5. The Morgan fingerprint density at radius 2 is 2.11 bits per heavy atom. The van der Waals surface area contributed by atoms with Crippen LogP contribution in [0, 0.1) is 0 Å². The first-order valence-electron chi connectivity index (χ1n) is 6.03. The molecule has 0 aliphatic heterocycles. The van der Waals surface area contributed by atoms with Gasteiger partial charge in [0.05, 0.1) is 0 Å². The fourth-order valence-corrected chi connectivity index (χ4v) is 1.73. The molecule has 0 atom stereocenters. The Bertz CT molecular complexity index is 510. The summed E-state index contributed by atoms with van der Waals surface area (Å²) in [6.45, 7) is 0.597. The van der Waals surface area contributed by atoms with Crippen LogP contribution in [0.2, 0.25) is 5.02 Å². The molecule has 0 spiro atoms. The summed E-state index contributed by atoms with van der Waals surface area (Å²) in [6.07, 6.45) is 5.15. The van der Waals surface area contributed by atoms with Crippen molar-refractivity contribution in [2.75, 3.05) is 11.9 Å². The van der Waals surface area contributed by atoms with Crippen LogP contribution >= 0.6 is 11.6 Å². The molecule has 2 aromatic rings. The number of halogens is 1. The maximum Gasteiger partial charge on any atom is 0.319 e. The number of imidazole rings is 1. The average Bonchev–Trinajstić information content (AvgIpc) is 2.91. The molecule has 0 fully saturated rings. The topological polar surface area (TPSA) is 69.8 Å². The molecule has 0 saturated carbocycles. The van der Waals surface area contributed by atoms with Crippen LogP contribution in [-0.2, 0) is 6.42 Å². The standard InChI is InChI=1S/C13H15ClN4O/c14-10-3-5-11(6-4-10)18-13(19)17-7-1-2-12-15-8-9-16-12/h3-6,8-9H,1-2,7H2,(H,15,16)(H2,17,18,19). The van der Waals surface area contributed by atoms with E-state index in [0.717, 1.165) is 18.7 Å². The predicted octanol–water partition coefficient (Wildman–Crippen LogP) is 2.82. The summed E-state index contributed by atoms with van der Waals surface area (Å²) in [5.74, 6) is 0.930. The molecule has 2 rings (SSSR count). The van der Waals surface area contributed by atoms with Crippen molar-refractivity contribution < 1.29 is 4.79 Å².